The van der Waals surface area contributed by atoms with E-state index in [1.54, 1.807) is 30.5 Å². The first-order chi connectivity index (χ1) is 11.7. The SMILES string of the molecule is CCc1ccc(/C=N\NC(=O)c2n[nH]c(=O)c3ccccc23)cc1. The van der Waals surface area contributed by atoms with Crippen molar-refractivity contribution < 1.29 is 4.79 Å². The van der Waals surface area contributed by atoms with Gasteiger partial charge in [0, 0.05) is 5.39 Å². The van der Waals surface area contributed by atoms with Gasteiger partial charge in [-0.3, -0.25) is 9.59 Å². The van der Waals surface area contributed by atoms with Crippen molar-refractivity contribution in [3.8, 4) is 0 Å². The van der Waals surface area contributed by atoms with E-state index in [0.717, 1.165) is 12.0 Å². The molecule has 0 saturated heterocycles. The van der Waals surface area contributed by atoms with Gasteiger partial charge in [0.15, 0.2) is 5.69 Å². The number of carbonyl (C=O) groups excluding carboxylic acids is 1. The second-order valence-electron chi connectivity index (χ2n) is 5.24. The highest BCUT2D eigenvalue weighted by Crippen LogP contribution is 2.12. The van der Waals surface area contributed by atoms with E-state index in [2.05, 4.69) is 27.6 Å². The lowest BCUT2D eigenvalue weighted by molar-refractivity contribution is 0.0951. The summed E-state index contributed by atoms with van der Waals surface area (Å²) >= 11 is 0. The molecular weight excluding hydrogens is 304 g/mol. The number of aryl methyl sites for hydroxylation is 1. The summed E-state index contributed by atoms with van der Waals surface area (Å²) in [5.41, 5.74) is 4.35. The zero-order chi connectivity index (χ0) is 16.9. The van der Waals surface area contributed by atoms with Gasteiger partial charge < -0.3 is 0 Å². The molecule has 0 saturated carbocycles. The smallest absolute Gasteiger partial charge is 0.267 e. The van der Waals surface area contributed by atoms with E-state index < -0.39 is 5.91 Å². The van der Waals surface area contributed by atoms with Crippen molar-refractivity contribution in [3.05, 3.63) is 75.7 Å². The molecule has 0 aliphatic carbocycles. The molecule has 3 aromatic rings. The maximum atomic E-state index is 12.3. The molecule has 0 bridgehead atoms. The van der Waals surface area contributed by atoms with E-state index >= 15 is 0 Å². The van der Waals surface area contributed by atoms with Crippen molar-refractivity contribution in [1.82, 2.24) is 15.6 Å². The Kier molecular flexibility index (Phi) is 4.47. The van der Waals surface area contributed by atoms with Crippen molar-refractivity contribution in [2.24, 2.45) is 5.10 Å². The van der Waals surface area contributed by atoms with Gasteiger partial charge in [-0.1, -0.05) is 49.4 Å². The number of aromatic nitrogens is 2. The first kappa shape index (κ1) is 15.6. The molecule has 3 rings (SSSR count). The van der Waals surface area contributed by atoms with Crippen LogP contribution in [0.2, 0.25) is 0 Å². The fourth-order valence-electron chi connectivity index (χ4n) is 2.35. The third-order valence-electron chi connectivity index (χ3n) is 3.68. The fraction of sp³-hybridized carbons (Fsp3) is 0.111. The number of H-pyrrole nitrogens is 1. The van der Waals surface area contributed by atoms with Crippen LogP contribution >= 0.6 is 0 Å². The number of hydrazone groups is 1. The molecule has 120 valence electrons. The second-order valence-corrected chi connectivity index (χ2v) is 5.24. The van der Waals surface area contributed by atoms with Gasteiger partial charge in [-0.15, -0.1) is 0 Å². The number of aromatic amines is 1. The van der Waals surface area contributed by atoms with Crippen LogP contribution in [0.25, 0.3) is 10.8 Å². The molecule has 1 aromatic heterocycles. The van der Waals surface area contributed by atoms with Gasteiger partial charge in [0.25, 0.3) is 11.5 Å². The first-order valence-electron chi connectivity index (χ1n) is 7.59. The number of nitrogens with zero attached hydrogens (tertiary/aromatic N) is 2. The number of hydrogen-bond donors (Lipinski definition) is 2. The second kappa shape index (κ2) is 6.87. The lowest BCUT2D eigenvalue weighted by Crippen LogP contribution is -2.22. The average Bonchev–Trinajstić information content (AvgIpc) is 2.63. The van der Waals surface area contributed by atoms with Crippen LogP contribution in [0.3, 0.4) is 0 Å². The number of fused-ring (bicyclic) bond motifs is 1. The Morgan fingerprint density at radius 1 is 1.17 bits per heavy atom. The molecular formula is C18H16N4O2. The van der Waals surface area contributed by atoms with Crippen LogP contribution in [-0.4, -0.2) is 22.3 Å². The fourth-order valence-corrected chi connectivity index (χ4v) is 2.35. The summed E-state index contributed by atoms with van der Waals surface area (Å²) in [5.74, 6) is -0.483. The van der Waals surface area contributed by atoms with Crippen LogP contribution in [0.15, 0.2) is 58.4 Å². The Morgan fingerprint density at radius 3 is 2.58 bits per heavy atom. The summed E-state index contributed by atoms with van der Waals surface area (Å²) in [4.78, 5) is 24.0. The normalized spacial score (nSPS) is 11.0. The van der Waals surface area contributed by atoms with Gasteiger partial charge in [-0.25, -0.2) is 10.5 Å². The predicted octanol–water partition coefficient (Wildman–Crippen LogP) is 2.25. The Bertz CT molecular complexity index is 959. The molecule has 2 N–H and O–H groups in total. The third kappa shape index (κ3) is 3.22. The van der Waals surface area contributed by atoms with Crippen LogP contribution in [-0.2, 0) is 6.42 Å². The standard InChI is InChI=1S/C18H16N4O2/c1-2-12-7-9-13(10-8-12)11-19-21-18(24)16-14-5-3-4-6-15(14)17(23)22-20-16/h3-11H,2H2,1H3,(H,21,24)(H,22,23)/b19-11-. The summed E-state index contributed by atoms with van der Waals surface area (Å²) in [6.07, 6.45) is 2.53. The number of rotatable bonds is 4. The molecule has 2 aromatic carbocycles. The van der Waals surface area contributed by atoms with Crippen LogP contribution in [0.5, 0.6) is 0 Å². The topological polar surface area (TPSA) is 87.2 Å². The van der Waals surface area contributed by atoms with Crippen LogP contribution in [0, 0.1) is 0 Å². The van der Waals surface area contributed by atoms with E-state index in [-0.39, 0.29) is 11.3 Å². The van der Waals surface area contributed by atoms with Crippen molar-refractivity contribution in [2.45, 2.75) is 13.3 Å². The quantitative estimate of drug-likeness (QED) is 0.571. The minimum atomic E-state index is -0.483. The number of amides is 1. The molecule has 1 amide bonds. The van der Waals surface area contributed by atoms with Crippen molar-refractivity contribution in [2.75, 3.05) is 0 Å². The van der Waals surface area contributed by atoms with Gasteiger partial charge in [0.2, 0.25) is 0 Å². The molecule has 0 fully saturated rings. The molecule has 0 unspecified atom stereocenters. The molecule has 0 radical (unpaired) electrons. The Labute approximate surface area is 138 Å². The zero-order valence-corrected chi connectivity index (χ0v) is 13.1. The van der Waals surface area contributed by atoms with E-state index in [4.69, 9.17) is 0 Å². The summed E-state index contributed by atoms with van der Waals surface area (Å²) in [6.45, 7) is 2.09. The van der Waals surface area contributed by atoms with E-state index in [1.165, 1.54) is 5.56 Å². The van der Waals surface area contributed by atoms with Crippen molar-refractivity contribution in [1.29, 1.82) is 0 Å². The Hall–Kier alpha value is -3.28. The monoisotopic (exact) mass is 320 g/mol. The number of nitrogens with one attached hydrogen (secondary N) is 2. The molecule has 6 heteroatoms. The highest BCUT2D eigenvalue weighted by atomic mass is 16.2. The maximum absolute atomic E-state index is 12.3. The molecule has 0 aliphatic rings. The average molecular weight is 320 g/mol. The highest BCUT2D eigenvalue weighted by molar-refractivity contribution is 6.04. The molecule has 0 spiro atoms. The number of hydrogen-bond acceptors (Lipinski definition) is 4. The summed E-state index contributed by atoms with van der Waals surface area (Å²) in [7, 11) is 0. The van der Waals surface area contributed by atoms with Crippen molar-refractivity contribution >= 4 is 22.9 Å². The lowest BCUT2D eigenvalue weighted by Gasteiger charge is -2.03. The van der Waals surface area contributed by atoms with Gasteiger partial charge in [-0.05, 0) is 23.6 Å². The molecule has 1 heterocycles. The molecule has 6 nitrogen and oxygen atoms in total. The summed E-state index contributed by atoms with van der Waals surface area (Å²) < 4.78 is 0. The predicted molar refractivity (Wildman–Crippen MR) is 93.2 cm³/mol. The summed E-state index contributed by atoms with van der Waals surface area (Å²) in [5, 5.41) is 11.0. The Morgan fingerprint density at radius 2 is 1.88 bits per heavy atom. The van der Waals surface area contributed by atoms with Gasteiger partial charge in [-0.2, -0.15) is 10.2 Å². The molecule has 0 atom stereocenters. The van der Waals surface area contributed by atoms with Crippen LogP contribution in [0.1, 0.15) is 28.5 Å². The minimum absolute atomic E-state index is 0.128. The largest absolute Gasteiger partial charge is 0.292 e. The van der Waals surface area contributed by atoms with E-state index in [1.807, 2.05) is 24.3 Å². The third-order valence-corrected chi connectivity index (χ3v) is 3.68. The summed E-state index contributed by atoms with van der Waals surface area (Å²) in [6, 6.07) is 14.7. The van der Waals surface area contributed by atoms with Crippen LogP contribution < -0.4 is 11.0 Å². The van der Waals surface area contributed by atoms with Gasteiger partial charge >= 0.3 is 0 Å². The maximum Gasteiger partial charge on any atom is 0.292 e. The highest BCUT2D eigenvalue weighted by Gasteiger charge is 2.12. The molecule has 24 heavy (non-hydrogen) atoms. The lowest BCUT2D eigenvalue weighted by atomic mass is 10.1. The van der Waals surface area contributed by atoms with Crippen LogP contribution in [0.4, 0.5) is 0 Å². The molecule has 0 aliphatic heterocycles. The van der Waals surface area contributed by atoms with Gasteiger partial charge in [0.05, 0.1) is 11.6 Å². The zero-order valence-electron chi connectivity index (χ0n) is 13.1. The Balaban J connectivity index is 1.79. The van der Waals surface area contributed by atoms with E-state index in [0.29, 0.717) is 10.8 Å². The van der Waals surface area contributed by atoms with E-state index in [9.17, 15) is 9.59 Å². The van der Waals surface area contributed by atoms with Crippen molar-refractivity contribution in [3.63, 3.8) is 0 Å². The number of benzene rings is 2. The van der Waals surface area contributed by atoms with Gasteiger partial charge in [0.1, 0.15) is 0 Å². The number of carbonyl (C=O) groups is 1. The minimum Gasteiger partial charge on any atom is -0.267 e. The first-order valence-corrected chi connectivity index (χ1v) is 7.59.